The van der Waals surface area contributed by atoms with Crippen LogP contribution in [0, 0.1) is 0 Å². The summed E-state index contributed by atoms with van der Waals surface area (Å²) in [5, 5.41) is 12.7. The van der Waals surface area contributed by atoms with Crippen molar-refractivity contribution >= 4 is 11.8 Å². The maximum absolute atomic E-state index is 9.31. The molecule has 3 unspecified atom stereocenters. The lowest BCUT2D eigenvalue weighted by Gasteiger charge is -2.26. The Morgan fingerprint density at radius 3 is 2.69 bits per heavy atom. The van der Waals surface area contributed by atoms with Crippen LogP contribution in [-0.2, 0) is 0 Å². The van der Waals surface area contributed by atoms with Crippen LogP contribution in [0.25, 0.3) is 0 Å². The molecule has 0 bridgehead atoms. The van der Waals surface area contributed by atoms with E-state index in [1.54, 1.807) is 0 Å². The van der Waals surface area contributed by atoms with Gasteiger partial charge in [0.2, 0.25) is 0 Å². The van der Waals surface area contributed by atoms with Crippen LogP contribution in [0.15, 0.2) is 0 Å². The van der Waals surface area contributed by atoms with Gasteiger partial charge in [-0.15, -0.1) is 0 Å². The molecule has 0 spiro atoms. The van der Waals surface area contributed by atoms with Crippen molar-refractivity contribution in [2.45, 2.75) is 50.5 Å². The smallest absolute Gasteiger partial charge is 0.0662 e. The lowest BCUT2D eigenvalue weighted by atomic mass is 10.1. The summed E-state index contributed by atoms with van der Waals surface area (Å²) in [4.78, 5) is 0. The minimum atomic E-state index is -0.255. The highest BCUT2D eigenvalue weighted by atomic mass is 32.2. The summed E-state index contributed by atoms with van der Waals surface area (Å²) in [5.74, 6) is 1.29. The number of aliphatic hydroxyl groups is 1. The molecule has 78 valence electrons. The molecule has 1 fully saturated rings. The van der Waals surface area contributed by atoms with Gasteiger partial charge < -0.3 is 10.4 Å². The molecule has 0 aromatic heterocycles. The standard InChI is InChI=1S/C10H21NOS/c1-8(9(2)12)11-7-10(3)5-4-6-13-10/h8-9,11-12H,4-7H2,1-3H3. The highest BCUT2D eigenvalue weighted by Crippen LogP contribution is 2.36. The van der Waals surface area contributed by atoms with Gasteiger partial charge in [-0.05, 0) is 39.4 Å². The first-order valence-electron chi connectivity index (χ1n) is 5.09. The summed E-state index contributed by atoms with van der Waals surface area (Å²) in [7, 11) is 0. The fourth-order valence-electron chi connectivity index (χ4n) is 1.52. The molecule has 1 aliphatic heterocycles. The third-order valence-corrected chi connectivity index (χ3v) is 4.36. The Morgan fingerprint density at radius 1 is 1.54 bits per heavy atom. The molecule has 0 amide bonds. The minimum Gasteiger partial charge on any atom is -0.392 e. The Labute approximate surface area is 85.5 Å². The molecule has 0 aromatic carbocycles. The SMILES string of the molecule is CC(O)C(C)NCC1(C)CCCS1. The van der Waals surface area contributed by atoms with Crippen molar-refractivity contribution in [3.8, 4) is 0 Å². The average Bonchev–Trinajstić information content (AvgIpc) is 2.48. The predicted molar refractivity (Wildman–Crippen MR) is 59.2 cm³/mol. The van der Waals surface area contributed by atoms with Gasteiger partial charge in [-0.1, -0.05) is 0 Å². The van der Waals surface area contributed by atoms with Crippen molar-refractivity contribution in [2.75, 3.05) is 12.3 Å². The summed E-state index contributed by atoms with van der Waals surface area (Å²) < 4.78 is 0.406. The van der Waals surface area contributed by atoms with Crippen molar-refractivity contribution in [1.82, 2.24) is 5.32 Å². The number of aliphatic hydroxyl groups excluding tert-OH is 1. The molecule has 13 heavy (non-hydrogen) atoms. The van der Waals surface area contributed by atoms with Gasteiger partial charge in [0.05, 0.1) is 6.10 Å². The van der Waals surface area contributed by atoms with Crippen LogP contribution in [-0.4, -0.2) is 34.3 Å². The quantitative estimate of drug-likeness (QED) is 0.728. The second kappa shape index (κ2) is 4.67. The fourth-order valence-corrected chi connectivity index (χ4v) is 2.78. The summed E-state index contributed by atoms with van der Waals surface area (Å²) >= 11 is 2.05. The molecule has 3 atom stereocenters. The number of rotatable bonds is 4. The van der Waals surface area contributed by atoms with Crippen molar-refractivity contribution in [3.63, 3.8) is 0 Å². The van der Waals surface area contributed by atoms with Crippen LogP contribution in [0.5, 0.6) is 0 Å². The zero-order valence-corrected chi connectivity index (χ0v) is 9.66. The largest absolute Gasteiger partial charge is 0.392 e. The maximum atomic E-state index is 9.31. The van der Waals surface area contributed by atoms with E-state index in [4.69, 9.17) is 0 Å². The van der Waals surface area contributed by atoms with E-state index in [9.17, 15) is 5.11 Å². The van der Waals surface area contributed by atoms with Crippen LogP contribution in [0.2, 0.25) is 0 Å². The average molecular weight is 203 g/mol. The molecule has 0 aliphatic carbocycles. The molecular weight excluding hydrogens is 182 g/mol. The highest BCUT2D eigenvalue weighted by molar-refractivity contribution is 8.00. The number of thioether (sulfide) groups is 1. The normalized spacial score (nSPS) is 33.2. The van der Waals surface area contributed by atoms with Crippen molar-refractivity contribution in [2.24, 2.45) is 0 Å². The van der Waals surface area contributed by atoms with E-state index in [2.05, 4.69) is 24.0 Å². The summed E-state index contributed by atoms with van der Waals surface area (Å²) in [6, 6.07) is 0.207. The van der Waals surface area contributed by atoms with E-state index in [-0.39, 0.29) is 12.1 Å². The van der Waals surface area contributed by atoms with E-state index >= 15 is 0 Å². The first kappa shape index (κ1) is 11.3. The van der Waals surface area contributed by atoms with E-state index in [1.165, 1.54) is 18.6 Å². The molecule has 0 saturated carbocycles. The van der Waals surface area contributed by atoms with Crippen molar-refractivity contribution < 1.29 is 5.11 Å². The first-order valence-corrected chi connectivity index (χ1v) is 6.07. The van der Waals surface area contributed by atoms with Gasteiger partial charge in [-0.3, -0.25) is 0 Å². The van der Waals surface area contributed by atoms with Gasteiger partial charge in [0.1, 0.15) is 0 Å². The Hall–Kier alpha value is 0.270. The molecule has 1 heterocycles. The fraction of sp³-hybridized carbons (Fsp3) is 1.00. The Balaban J connectivity index is 2.24. The number of nitrogens with one attached hydrogen (secondary N) is 1. The third-order valence-electron chi connectivity index (χ3n) is 2.82. The molecule has 1 aliphatic rings. The van der Waals surface area contributed by atoms with Gasteiger partial charge >= 0.3 is 0 Å². The van der Waals surface area contributed by atoms with Crippen LogP contribution >= 0.6 is 11.8 Å². The molecule has 2 nitrogen and oxygen atoms in total. The minimum absolute atomic E-state index is 0.207. The second-order valence-electron chi connectivity index (χ2n) is 4.31. The van der Waals surface area contributed by atoms with E-state index in [0.29, 0.717) is 4.75 Å². The van der Waals surface area contributed by atoms with Gasteiger partial charge in [0.15, 0.2) is 0 Å². The zero-order valence-electron chi connectivity index (χ0n) is 8.84. The number of hydrogen-bond acceptors (Lipinski definition) is 3. The third kappa shape index (κ3) is 3.49. The molecule has 3 heteroatoms. The summed E-state index contributed by atoms with van der Waals surface area (Å²) in [6.07, 6.45) is 2.39. The lowest BCUT2D eigenvalue weighted by molar-refractivity contribution is 0.151. The Bertz CT molecular complexity index is 155. The van der Waals surface area contributed by atoms with Gasteiger partial charge in [-0.2, -0.15) is 11.8 Å². The summed E-state index contributed by atoms with van der Waals surface area (Å²) in [5.41, 5.74) is 0. The topological polar surface area (TPSA) is 32.3 Å². The number of hydrogen-bond donors (Lipinski definition) is 2. The Morgan fingerprint density at radius 2 is 2.23 bits per heavy atom. The molecule has 1 saturated heterocycles. The van der Waals surface area contributed by atoms with Gasteiger partial charge in [0.25, 0.3) is 0 Å². The molecular formula is C10H21NOS. The van der Waals surface area contributed by atoms with Gasteiger partial charge in [0, 0.05) is 17.3 Å². The second-order valence-corrected chi connectivity index (χ2v) is 5.99. The predicted octanol–water partition coefficient (Wildman–Crippen LogP) is 1.63. The van der Waals surface area contributed by atoms with Crippen LogP contribution in [0.3, 0.4) is 0 Å². The monoisotopic (exact) mass is 203 g/mol. The van der Waals surface area contributed by atoms with Crippen LogP contribution in [0.1, 0.15) is 33.6 Å². The van der Waals surface area contributed by atoms with Gasteiger partial charge in [-0.25, -0.2) is 0 Å². The van der Waals surface area contributed by atoms with Crippen molar-refractivity contribution in [1.29, 1.82) is 0 Å². The first-order chi connectivity index (χ1) is 6.03. The van der Waals surface area contributed by atoms with E-state index < -0.39 is 0 Å². The molecule has 2 N–H and O–H groups in total. The lowest BCUT2D eigenvalue weighted by Crippen LogP contribution is -2.42. The maximum Gasteiger partial charge on any atom is 0.0662 e. The zero-order chi connectivity index (χ0) is 9.90. The van der Waals surface area contributed by atoms with Crippen LogP contribution in [0.4, 0.5) is 0 Å². The van der Waals surface area contributed by atoms with E-state index in [1.807, 2.05) is 13.8 Å². The summed E-state index contributed by atoms with van der Waals surface area (Å²) in [6.45, 7) is 7.20. The van der Waals surface area contributed by atoms with Crippen molar-refractivity contribution in [3.05, 3.63) is 0 Å². The molecule has 0 aromatic rings. The van der Waals surface area contributed by atoms with E-state index in [0.717, 1.165) is 6.54 Å². The molecule has 0 radical (unpaired) electrons. The highest BCUT2D eigenvalue weighted by Gasteiger charge is 2.29. The Kier molecular flexibility index (Phi) is 4.07. The molecule has 1 rings (SSSR count). The van der Waals surface area contributed by atoms with Crippen LogP contribution < -0.4 is 5.32 Å².